The third kappa shape index (κ3) is 6.25. The zero-order valence-corrected chi connectivity index (χ0v) is 17.8. The van der Waals surface area contributed by atoms with E-state index in [-0.39, 0.29) is 6.54 Å². The number of fused-ring (bicyclic) bond motifs is 1. The summed E-state index contributed by atoms with van der Waals surface area (Å²) in [5.41, 5.74) is 0.531. The number of imidazole rings is 1. The Labute approximate surface area is 188 Å². The summed E-state index contributed by atoms with van der Waals surface area (Å²) in [6.45, 7) is -0.861. The van der Waals surface area contributed by atoms with Crippen LogP contribution in [0.2, 0.25) is 0 Å². The highest BCUT2D eigenvalue weighted by Crippen LogP contribution is 2.37. The lowest BCUT2D eigenvalue weighted by atomic mass is 10.1. The molecule has 2 aromatic heterocycles. The number of rotatable bonds is 6. The van der Waals surface area contributed by atoms with E-state index in [0.717, 1.165) is 12.1 Å². The van der Waals surface area contributed by atoms with Crippen LogP contribution in [0.25, 0.3) is 11.2 Å². The Balaban J connectivity index is 0.000000204. The second-order valence-electron chi connectivity index (χ2n) is 6.83. The number of phosphoric acid groups is 1. The molecule has 0 bridgehead atoms. The van der Waals surface area contributed by atoms with Crippen LogP contribution in [0.3, 0.4) is 0 Å². The number of aromatic nitrogens is 4. The van der Waals surface area contributed by atoms with Crippen molar-refractivity contribution in [1.29, 1.82) is 0 Å². The first kappa shape index (κ1) is 25.9. The van der Waals surface area contributed by atoms with Crippen molar-refractivity contribution >= 4 is 24.8 Å². The predicted molar refractivity (Wildman–Crippen MR) is 106 cm³/mol. The molecule has 186 valence electrons. The molecule has 17 heteroatoms. The monoisotopic (exact) mass is 509 g/mol. The molecule has 0 saturated carbocycles. The average Bonchev–Trinajstić information content (AvgIpc) is 3.36. The summed E-state index contributed by atoms with van der Waals surface area (Å²) in [5, 5.41) is 29.8. The molecule has 0 amide bonds. The number of anilines is 1. The van der Waals surface area contributed by atoms with Gasteiger partial charge >= 0.3 is 7.82 Å². The number of nitrogens with one attached hydrogen (secondary N) is 2. The van der Waals surface area contributed by atoms with Crippen molar-refractivity contribution in [3.8, 4) is 0 Å². The molecule has 1 aliphatic heterocycles. The van der Waals surface area contributed by atoms with Crippen LogP contribution >= 0.6 is 7.82 Å². The maximum atomic E-state index is 13.5. The molecule has 0 radical (unpaired) electrons. The van der Waals surface area contributed by atoms with Gasteiger partial charge in [-0.2, -0.15) is 0 Å². The summed E-state index contributed by atoms with van der Waals surface area (Å²) in [6, 6.07) is 1.62. The second-order valence-corrected chi connectivity index (χ2v) is 8.07. The molecule has 0 aliphatic carbocycles. The number of ether oxygens (including phenoxy) is 1. The summed E-state index contributed by atoms with van der Waals surface area (Å²) in [6.07, 6.45) is -2.97. The zero-order valence-electron chi connectivity index (χ0n) is 16.9. The van der Waals surface area contributed by atoms with E-state index in [4.69, 9.17) is 25.1 Å². The molecule has 34 heavy (non-hydrogen) atoms. The van der Waals surface area contributed by atoms with E-state index < -0.39 is 62.0 Å². The molecule has 3 heterocycles. The number of benzene rings is 1. The minimum atomic E-state index is -4.64. The van der Waals surface area contributed by atoms with Crippen LogP contribution in [0.15, 0.2) is 24.8 Å². The highest BCUT2D eigenvalue weighted by Gasteiger charge is 2.42. The summed E-state index contributed by atoms with van der Waals surface area (Å²) in [4.78, 5) is 31.2. The Bertz CT molecular complexity index is 1180. The maximum absolute atomic E-state index is 13.5. The van der Waals surface area contributed by atoms with Crippen molar-refractivity contribution in [3.05, 3.63) is 47.8 Å². The number of phosphoric ester groups is 1. The number of aromatic amines is 1. The van der Waals surface area contributed by atoms with Crippen molar-refractivity contribution in [1.82, 2.24) is 19.9 Å². The first-order valence-corrected chi connectivity index (χ1v) is 10.9. The van der Waals surface area contributed by atoms with Gasteiger partial charge in [0.25, 0.3) is 0 Å². The summed E-state index contributed by atoms with van der Waals surface area (Å²) >= 11 is 0. The number of aliphatic hydroxyl groups is 3. The third-order valence-corrected chi connectivity index (χ3v) is 5.02. The second kappa shape index (κ2) is 10.7. The Morgan fingerprint density at radius 3 is 2.44 bits per heavy atom. The van der Waals surface area contributed by atoms with E-state index in [0.29, 0.717) is 17.0 Å². The first-order chi connectivity index (χ1) is 16.0. The highest BCUT2D eigenvalue weighted by molar-refractivity contribution is 7.46. The predicted octanol–water partition coefficient (Wildman–Crippen LogP) is -0.0830. The number of aliphatic hydroxyl groups excluding tert-OH is 3. The third-order valence-electron chi connectivity index (χ3n) is 4.54. The number of halogens is 3. The van der Waals surface area contributed by atoms with Gasteiger partial charge in [-0.3, -0.25) is 4.52 Å². The van der Waals surface area contributed by atoms with Gasteiger partial charge in [-0.05, 0) is 12.1 Å². The Morgan fingerprint density at radius 2 is 1.79 bits per heavy atom. The molecule has 1 aromatic carbocycles. The van der Waals surface area contributed by atoms with E-state index in [1.165, 1.54) is 12.7 Å². The van der Waals surface area contributed by atoms with E-state index in [9.17, 15) is 17.7 Å². The number of hydrogen-bond acceptors (Lipinski definition) is 10. The Kier molecular flexibility index (Phi) is 8.17. The van der Waals surface area contributed by atoms with Crippen LogP contribution in [0.4, 0.5) is 19.0 Å². The molecule has 4 atom stereocenters. The van der Waals surface area contributed by atoms with Gasteiger partial charge in [0.15, 0.2) is 29.4 Å². The minimum absolute atomic E-state index is 0.249. The van der Waals surface area contributed by atoms with Crippen molar-refractivity contribution in [2.75, 3.05) is 11.9 Å². The topological polar surface area (TPSA) is 203 Å². The Morgan fingerprint density at radius 1 is 1.09 bits per heavy atom. The maximum Gasteiger partial charge on any atom is 0.469 e. The molecule has 3 aromatic rings. The van der Waals surface area contributed by atoms with Crippen LogP contribution in [0.1, 0.15) is 5.56 Å². The molecule has 4 rings (SSSR count). The van der Waals surface area contributed by atoms with Crippen LogP contribution in [0, 0.1) is 17.5 Å². The normalized spacial score (nSPS) is 22.5. The van der Waals surface area contributed by atoms with Gasteiger partial charge in [-0.15, -0.1) is 0 Å². The van der Waals surface area contributed by atoms with Crippen molar-refractivity contribution in [2.45, 2.75) is 31.1 Å². The lowest BCUT2D eigenvalue weighted by Gasteiger charge is -2.14. The van der Waals surface area contributed by atoms with Gasteiger partial charge < -0.3 is 40.1 Å². The fourth-order valence-corrected chi connectivity index (χ4v) is 3.18. The van der Waals surface area contributed by atoms with Crippen LogP contribution < -0.4 is 5.32 Å². The Hall–Kier alpha value is -2.69. The number of hydrogen-bond donors (Lipinski definition) is 7. The fourth-order valence-electron chi connectivity index (χ4n) is 2.84. The molecule has 1 unspecified atom stereocenters. The quantitative estimate of drug-likeness (QED) is 0.172. The van der Waals surface area contributed by atoms with Crippen LogP contribution in [-0.4, -0.2) is 76.3 Å². The summed E-state index contributed by atoms with van der Waals surface area (Å²) in [5.74, 6) is -2.81. The molecule has 1 fully saturated rings. The van der Waals surface area contributed by atoms with Gasteiger partial charge in [0, 0.05) is 12.1 Å². The van der Waals surface area contributed by atoms with E-state index in [1.807, 2.05) is 0 Å². The average molecular weight is 509 g/mol. The summed E-state index contributed by atoms with van der Waals surface area (Å²) < 4.78 is 59.0. The van der Waals surface area contributed by atoms with Crippen LogP contribution in [-0.2, 0) is 20.4 Å². The lowest BCUT2D eigenvalue weighted by Crippen LogP contribution is -2.34. The van der Waals surface area contributed by atoms with Crippen molar-refractivity contribution in [2.24, 2.45) is 0 Å². The van der Waals surface area contributed by atoms with E-state index in [2.05, 4.69) is 34.5 Å². The largest absolute Gasteiger partial charge is 0.469 e. The molecule has 1 aliphatic rings. The van der Waals surface area contributed by atoms with Gasteiger partial charge in [0.1, 0.15) is 36.0 Å². The minimum Gasteiger partial charge on any atom is -0.387 e. The SMILES string of the molecule is Fc1ccc(F)c(CNc2ncnc3nc[nH]c23)c1F.O=P(O)(O)OC[C@H]1OC(O)[C@H](O)[C@@H]1O. The van der Waals surface area contributed by atoms with Gasteiger partial charge in [-0.1, -0.05) is 0 Å². The van der Waals surface area contributed by atoms with Gasteiger partial charge in [0.2, 0.25) is 0 Å². The molecule has 0 spiro atoms. The van der Waals surface area contributed by atoms with Crippen molar-refractivity contribution in [3.63, 3.8) is 0 Å². The summed E-state index contributed by atoms with van der Waals surface area (Å²) in [7, 11) is -4.64. The molecule has 13 nitrogen and oxygen atoms in total. The van der Waals surface area contributed by atoms with E-state index >= 15 is 0 Å². The molecular weight excluding hydrogens is 490 g/mol. The number of nitrogens with zero attached hydrogens (tertiary/aromatic N) is 3. The van der Waals surface area contributed by atoms with Crippen LogP contribution in [0.5, 0.6) is 0 Å². The van der Waals surface area contributed by atoms with Crippen molar-refractivity contribution < 1.29 is 52.1 Å². The van der Waals surface area contributed by atoms with Gasteiger partial charge in [-0.25, -0.2) is 32.7 Å². The first-order valence-electron chi connectivity index (χ1n) is 9.38. The standard InChI is InChI=1S/C12H8F3N5.C5H11O8P/c13-7-1-2-8(14)9(15)6(7)3-16-11-10-12(18-4-17-10)20-5-19-11;6-3-2(1-12-14(9,10)11)13-5(8)4(3)7/h1-2,4-5H,3H2,(H2,16,17,18,19,20);2-8H,1H2,(H2,9,10,11)/t;2-,3-,4-,5?/m.1/s1. The molecule has 1 saturated heterocycles. The highest BCUT2D eigenvalue weighted by atomic mass is 31.2. The fraction of sp³-hybridized carbons (Fsp3) is 0.353. The zero-order chi connectivity index (χ0) is 25.0. The lowest BCUT2D eigenvalue weighted by molar-refractivity contribution is -0.132. The smallest absolute Gasteiger partial charge is 0.387 e. The number of H-pyrrole nitrogens is 1. The van der Waals surface area contributed by atoms with E-state index in [1.54, 1.807) is 0 Å². The molecule has 7 N–H and O–H groups in total. The molecular formula is C17H19F3N5O8P. The van der Waals surface area contributed by atoms with Gasteiger partial charge in [0.05, 0.1) is 12.9 Å².